The molecule has 7 heteroatoms. The van der Waals surface area contributed by atoms with Crippen molar-refractivity contribution in [2.24, 2.45) is 5.92 Å². The molecule has 1 aliphatic rings. The summed E-state index contributed by atoms with van der Waals surface area (Å²) in [7, 11) is 0. The number of para-hydroxylation sites is 1. The molecule has 0 spiro atoms. The van der Waals surface area contributed by atoms with Crippen molar-refractivity contribution >= 4 is 23.2 Å². The maximum Gasteiger partial charge on any atom is 0.306 e. The van der Waals surface area contributed by atoms with E-state index in [1.54, 1.807) is 10.9 Å². The Morgan fingerprint density at radius 3 is 2.63 bits per heavy atom. The molecule has 2 aromatic heterocycles. The van der Waals surface area contributed by atoms with Crippen molar-refractivity contribution in [3.8, 4) is 16.3 Å². The van der Waals surface area contributed by atoms with Gasteiger partial charge in [-0.2, -0.15) is 5.10 Å². The molecular formula is C20H19N3O3S. The average Bonchev–Trinajstić information content (AvgIpc) is 3.42. The maximum absolute atomic E-state index is 12.9. The number of benzene rings is 1. The van der Waals surface area contributed by atoms with Crippen LogP contribution >= 0.6 is 11.3 Å². The van der Waals surface area contributed by atoms with E-state index >= 15 is 0 Å². The van der Waals surface area contributed by atoms with E-state index in [1.165, 1.54) is 11.3 Å². The van der Waals surface area contributed by atoms with Gasteiger partial charge in [-0.1, -0.05) is 24.3 Å². The van der Waals surface area contributed by atoms with Gasteiger partial charge in [0.15, 0.2) is 0 Å². The van der Waals surface area contributed by atoms with E-state index in [0.717, 1.165) is 10.6 Å². The molecule has 3 aromatic rings. The number of aromatic nitrogens is 2. The number of hydrogen-bond acceptors (Lipinski definition) is 4. The van der Waals surface area contributed by atoms with Crippen LogP contribution in [-0.4, -0.2) is 32.8 Å². The number of carbonyl (C=O) groups is 2. The number of hydrogen-bond donors (Lipinski definition) is 2. The summed E-state index contributed by atoms with van der Waals surface area (Å²) < 4.78 is 1.71. The van der Waals surface area contributed by atoms with Gasteiger partial charge >= 0.3 is 5.97 Å². The quantitative estimate of drug-likeness (QED) is 0.707. The van der Waals surface area contributed by atoms with Crippen LogP contribution in [0.4, 0.5) is 0 Å². The van der Waals surface area contributed by atoms with Crippen molar-refractivity contribution in [2.75, 3.05) is 0 Å². The normalized spacial score (nSPS) is 19.1. The van der Waals surface area contributed by atoms with Gasteiger partial charge in [-0.15, -0.1) is 11.3 Å². The van der Waals surface area contributed by atoms with Crippen molar-refractivity contribution < 1.29 is 14.7 Å². The van der Waals surface area contributed by atoms with Crippen LogP contribution in [-0.2, 0) is 4.79 Å². The SMILES string of the molecule is O=C(N[C@H]1CC[C@@H](C(=O)O)C1)c1cn(-c2ccccc2)nc1-c1cccs1. The fourth-order valence-corrected chi connectivity index (χ4v) is 4.17. The highest BCUT2D eigenvalue weighted by Crippen LogP contribution is 2.29. The summed E-state index contributed by atoms with van der Waals surface area (Å²) in [6, 6.07) is 13.4. The molecule has 6 nitrogen and oxygen atoms in total. The predicted molar refractivity (Wildman–Crippen MR) is 103 cm³/mol. The van der Waals surface area contributed by atoms with Crippen LogP contribution in [0, 0.1) is 5.92 Å². The number of carboxylic acid groups (broad SMARTS) is 1. The number of nitrogens with zero attached hydrogens (tertiary/aromatic N) is 2. The van der Waals surface area contributed by atoms with Gasteiger partial charge in [0.1, 0.15) is 5.69 Å². The first-order valence-electron chi connectivity index (χ1n) is 8.84. The molecule has 1 saturated carbocycles. The van der Waals surface area contributed by atoms with E-state index in [4.69, 9.17) is 5.11 Å². The van der Waals surface area contributed by atoms with E-state index in [0.29, 0.717) is 30.5 Å². The first kappa shape index (κ1) is 17.5. The second-order valence-electron chi connectivity index (χ2n) is 6.67. The molecule has 1 aliphatic carbocycles. The summed E-state index contributed by atoms with van der Waals surface area (Å²) in [6.45, 7) is 0. The summed E-state index contributed by atoms with van der Waals surface area (Å²) in [5.74, 6) is -1.38. The Hall–Kier alpha value is -2.93. The van der Waals surface area contributed by atoms with Crippen LogP contribution in [0.1, 0.15) is 29.6 Å². The molecule has 1 aromatic carbocycles. The van der Waals surface area contributed by atoms with Gasteiger partial charge in [-0.25, -0.2) is 4.68 Å². The molecule has 2 N–H and O–H groups in total. The van der Waals surface area contributed by atoms with E-state index in [1.807, 2.05) is 47.8 Å². The molecule has 0 saturated heterocycles. The third kappa shape index (κ3) is 3.64. The molecule has 2 heterocycles. The smallest absolute Gasteiger partial charge is 0.306 e. The van der Waals surface area contributed by atoms with E-state index < -0.39 is 5.97 Å². The number of carbonyl (C=O) groups excluding carboxylic acids is 1. The minimum absolute atomic E-state index is 0.116. The first-order valence-corrected chi connectivity index (χ1v) is 9.72. The number of aliphatic carboxylic acids is 1. The Morgan fingerprint density at radius 1 is 1.15 bits per heavy atom. The summed E-state index contributed by atoms with van der Waals surface area (Å²) in [6.07, 6.45) is 3.50. The summed E-state index contributed by atoms with van der Waals surface area (Å²) >= 11 is 1.53. The van der Waals surface area contributed by atoms with E-state index in [2.05, 4.69) is 10.4 Å². The Morgan fingerprint density at radius 2 is 1.96 bits per heavy atom. The van der Waals surface area contributed by atoms with Crippen LogP contribution in [0.2, 0.25) is 0 Å². The lowest BCUT2D eigenvalue weighted by Gasteiger charge is -2.12. The van der Waals surface area contributed by atoms with Gasteiger partial charge in [0.2, 0.25) is 0 Å². The van der Waals surface area contributed by atoms with E-state index in [-0.39, 0.29) is 17.9 Å². The van der Waals surface area contributed by atoms with Crippen LogP contribution in [0.3, 0.4) is 0 Å². The molecule has 4 rings (SSSR count). The third-order valence-corrected chi connectivity index (χ3v) is 5.73. The number of thiophene rings is 1. The summed E-state index contributed by atoms with van der Waals surface area (Å²) in [5, 5.41) is 18.7. The Balaban J connectivity index is 1.62. The predicted octanol–water partition coefficient (Wildman–Crippen LogP) is 3.58. The van der Waals surface area contributed by atoms with Crippen molar-refractivity contribution in [1.82, 2.24) is 15.1 Å². The van der Waals surface area contributed by atoms with Crippen LogP contribution in [0.5, 0.6) is 0 Å². The standard InChI is InChI=1S/C20H19N3O3S/c24-19(21-14-9-8-13(11-14)20(25)26)16-12-23(15-5-2-1-3-6-15)22-18(16)17-7-4-10-27-17/h1-7,10,12-14H,8-9,11H2,(H,21,24)(H,25,26)/t13-,14+/m1/s1. The monoisotopic (exact) mass is 381 g/mol. The largest absolute Gasteiger partial charge is 0.481 e. The second-order valence-corrected chi connectivity index (χ2v) is 7.62. The second kappa shape index (κ2) is 7.36. The molecule has 0 aliphatic heterocycles. The summed E-state index contributed by atoms with van der Waals surface area (Å²) in [5.41, 5.74) is 2.01. The molecule has 0 bridgehead atoms. The van der Waals surface area contributed by atoms with Crippen molar-refractivity contribution in [3.63, 3.8) is 0 Å². The third-order valence-electron chi connectivity index (χ3n) is 4.85. The molecule has 138 valence electrons. The molecular weight excluding hydrogens is 362 g/mol. The Bertz CT molecular complexity index is 950. The first-order chi connectivity index (χ1) is 13.1. The van der Waals surface area contributed by atoms with Gasteiger partial charge in [0, 0.05) is 12.2 Å². The number of nitrogens with one attached hydrogen (secondary N) is 1. The Labute approximate surface area is 160 Å². The van der Waals surface area contributed by atoms with Gasteiger partial charge in [-0.05, 0) is 42.8 Å². The van der Waals surface area contributed by atoms with E-state index in [9.17, 15) is 9.59 Å². The average molecular weight is 381 g/mol. The number of carboxylic acids is 1. The molecule has 0 unspecified atom stereocenters. The Kier molecular flexibility index (Phi) is 4.77. The molecule has 2 atom stereocenters. The van der Waals surface area contributed by atoms with Crippen LogP contribution in [0.25, 0.3) is 16.3 Å². The highest BCUT2D eigenvalue weighted by molar-refractivity contribution is 7.13. The van der Waals surface area contributed by atoms with Crippen LogP contribution in [0.15, 0.2) is 54.0 Å². The minimum Gasteiger partial charge on any atom is -0.481 e. The van der Waals surface area contributed by atoms with Crippen molar-refractivity contribution in [3.05, 3.63) is 59.6 Å². The lowest BCUT2D eigenvalue weighted by molar-refractivity contribution is -0.141. The zero-order chi connectivity index (χ0) is 18.8. The fraction of sp³-hybridized carbons (Fsp3) is 0.250. The zero-order valence-electron chi connectivity index (χ0n) is 14.5. The maximum atomic E-state index is 12.9. The molecule has 27 heavy (non-hydrogen) atoms. The lowest BCUT2D eigenvalue weighted by Crippen LogP contribution is -2.33. The topological polar surface area (TPSA) is 84.2 Å². The number of amides is 1. The van der Waals surface area contributed by atoms with Gasteiger partial charge in [-0.3, -0.25) is 9.59 Å². The summed E-state index contributed by atoms with van der Waals surface area (Å²) in [4.78, 5) is 25.0. The zero-order valence-corrected chi connectivity index (χ0v) is 15.4. The van der Waals surface area contributed by atoms with Gasteiger partial charge in [0.05, 0.1) is 22.0 Å². The minimum atomic E-state index is -0.789. The molecule has 0 radical (unpaired) electrons. The molecule has 1 amide bonds. The van der Waals surface area contributed by atoms with Gasteiger partial charge in [0.25, 0.3) is 5.91 Å². The van der Waals surface area contributed by atoms with Crippen molar-refractivity contribution in [1.29, 1.82) is 0 Å². The fourth-order valence-electron chi connectivity index (χ4n) is 3.45. The number of rotatable bonds is 5. The van der Waals surface area contributed by atoms with Crippen LogP contribution < -0.4 is 5.32 Å². The highest BCUT2D eigenvalue weighted by atomic mass is 32.1. The molecule has 1 fully saturated rings. The van der Waals surface area contributed by atoms with Gasteiger partial charge < -0.3 is 10.4 Å². The van der Waals surface area contributed by atoms with Crippen molar-refractivity contribution in [2.45, 2.75) is 25.3 Å². The lowest BCUT2D eigenvalue weighted by atomic mass is 10.1. The highest BCUT2D eigenvalue weighted by Gasteiger charge is 2.31.